The highest BCUT2D eigenvalue weighted by atomic mass is 32.1. The Morgan fingerprint density at radius 3 is 3.08 bits per heavy atom. The summed E-state index contributed by atoms with van der Waals surface area (Å²) in [5.74, 6) is -1.01. The van der Waals surface area contributed by atoms with E-state index in [0.29, 0.717) is 19.7 Å². The van der Waals surface area contributed by atoms with E-state index in [4.69, 9.17) is 9.47 Å². The van der Waals surface area contributed by atoms with E-state index in [9.17, 15) is 9.59 Å². The van der Waals surface area contributed by atoms with Crippen LogP contribution in [0.1, 0.15) is 18.7 Å². The quantitative estimate of drug-likeness (QED) is 0.605. The van der Waals surface area contributed by atoms with E-state index >= 15 is 0 Å². The minimum absolute atomic E-state index is 0.00162. The van der Waals surface area contributed by atoms with Crippen LogP contribution in [0, 0.1) is 17.8 Å². The Balaban J connectivity index is 1.54. The van der Waals surface area contributed by atoms with Gasteiger partial charge in [-0.1, -0.05) is 32.1 Å². The molecule has 1 aromatic heterocycles. The monoisotopic (exact) mass is 347 g/mol. The number of rotatable bonds is 5. The van der Waals surface area contributed by atoms with Crippen LogP contribution in [-0.4, -0.2) is 41.6 Å². The van der Waals surface area contributed by atoms with Gasteiger partial charge in [0, 0.05) is 4.88 Å². The first-order valence-electron chi connectivity index (χ1n) is 8.35. The lowest BCUT2D eigenvalue weighted by molar-refractivity contribution is -0.154. The first kappa shape index (κ1) is 15.8. The highest BCUT2D eigenvalue weighted by Gasteiger charge is 2.67. The SMILES string of the molecule is CC(C)COC(=O)C1[C@H]2C=CC3(CN(Cc4cccs4)C(=O)[C@@H]13)O2. The van der Waals surface area contributed by atoms with Crippen LogP contribution in [0.15, 0.2) is 29.7 Å². The summed E-state index contributed by atoms with van der Waals surface area (Å²) in [4.78, 5) is 28.5. The molecule has 4 heterocycles. The molecule has 1 spiro atoms. The number of amides is 1. The van der Waals surface area contributed by atoms with E-state index < -0.39 is 17.4 Å². The number of fused-ring (bicyclic) bond motifs is 1. The van der Waals surface area contributed by atoms with Gasteiger partial charge in [-0.3, -0.25) is 9.59 Å². The molecule has 128 valence electrons. The number of thiophene rings is 1. The maximum absolute atomic E-state index is 13.0. The van der Waals surface area contributed by atoms with Gasteiger partial charge in [0.25, 0.3) is 0 Å². The molecular formula is C18H21NO4S. The van der Waals surface area contributed by atoms with Crippen molar-refractivity contribution in [2.75, 3.05) is 13.2 Å². The fourth-order valence-corrected chi connectivity index (χ4v) is 4.64. The average molecular weight is 347 g/mol. The van der Waals surface area contributed by atoms with E-state index in [1.807, 2.05) is 48.4 Å². The van der Waals surface area contributed by atoms with Crippen LogP contribution in [0.5, 0.6) is 0 Å². The van der Waals surface area contributed by atoms with Crippen LogP contribution in [0.25, 0.3) is 0 Å². The minimum Gasteiger partial charge on any atom is -0.465 e. The van der Waals surface area contributed by atoms with Crippen molar-refractivity contribution in [3.8, 4) is 0 Å². The maximum Gasteiger partial charge on any atom is 0.312 e. The molecule has 1 amide bonds. The fourth-order valence-electron chi connectivity index (χ4n) is 3.92. The summed E-state index contributed by atoms with van der Waals surface area (Å²) in [6.07, 6.45) is 3.56. The van der Waals surface area contributed by atoms with E-state index in [2.05, 4.69) is 0 Å². The average Bonchev–Trinajstić information content (AvgIpc) is 3.28. The Kier molecular flexibility index (Phi) is 3.77. The number of ether oxygens (including phenoxy) is 2. The zero-order valence-electron chi connectivity index (χ0n) is 13.8. The van der Waals surface area contributed by atoms with Crippen LogP contribution < -0.4 is 0 Å². The Morgan fingerprint density at radius 2 is 2.38 bits per heavy atom. The summed E-state index contributed by atoms with van der Waals surface area (Å²) in [6, 6.07) is 4.00. The zero-order valence-corrected chi connectivity index (χ0v) is 14.6. The Bertz CT molecular complexity index is 683. The topological polar surface area (TPSA) is 55.8 Å². The van der Waals surface area contributed by atoms with Crippen LogP contribution >= 0.6 is 11.3 Å². The number of likely N-dealkylation sites (tertiary alicyclic amines) is 1. The third-order valence-electron chi connectivity index (χ3n) is 4.94. The van der Waals surface area contributed by atoms with Gasteiger partial charge in [0.15, 0.2) is 0 Å². The van der Waals surface area contributed by atoms with Gasteiger partial charge in [-0.2, -0.15) is 0 Å². The van der Waals surface area contributed by atoms with Crippen molar-refractivity contribution in [3.05, 3.63) is 34.5 Å². The third kappa shape index (κ3) is 2.40. The van der Waals surface area contributed by atoms with Crippen molar-refractivity contribution in [2.45, 2.75) is 32.1 Å². The molecule has 24 heavy (non-hydrogen) atoms. The van der Waals surface area contributed by atoms with E-state index in [-0.39, 0.29) is 23.9 Å². The van der Waals surface area contributed by atoms with Crippen molar-refractivity contribution < 1.29 is 19.1 Å². The number of carbonyl (C=O) groups is 2. The summed E-state index contributed by atoms with van der Waals surface area (Å²) >= 11 is 1.63. The van der Waals surface area contributed by atoms with Crippen molar-refractivity contribution in [3.63, 3.8) is 0 Å². The number of carbonyl (C=O) groups excluding carboxylic acids is 2. The van der Waals surface area contributed by atoms with Crippen LogP contribution in [0.3, 0.4) is 0 Å². The Labute approximate surface area is 145 Å². The molecule has 2 fully saturated rings. The predicted octanol–water partition coefficient (Wildman–Crippen LogP) is 2.23. The van der Waals surface area contributed by atoms with Crippen molar-refractivity contribution in [2.24, 2.45) is 17.8 Å². The second-order valence-corrected chi connectivity index (χ2v) is 8.23. The molecule has 0 radical (unpaired) electrons. The van der Waals surface area contributed by atoms with E-state index in [0.717, 1.165) is 4.88 Å². The van der Waals surface area contributed by atoms with E-state index in [1.165, 1.54) is 0 Å². The van der Waals surface area contributed by atoms with Crippen LogP contribution in [-0.2, 0) is 25.6 Å². The van der Waals surface area contributed by atoms with Crippen molar-refractivity contribution >= 4 is 23.2 Å². The molecule has 4 rings (SSSR count). The zero-order chi connectivity index (χ0) is 16.9. The Hall–Kier alpha value is -1.66. The van der Waals surface area contributed by atoms with Gasteiger partial charge >= 0.3 is 5.97 Å². The molecule has 0 N–H and O–H groups in total. The van der Waals surface area contributed by atoms with Crippen LogP contribution in [0.2, 0.25) is 0 Å². The van der Waals surface area contributed by atoms with Gasteiger partial charge in [-0.15, -0.1) is 11.3 Å². The molecular weight excluding hydrogens is 326 g/mol. The fraction of sp³-hybridized carbons (Fsp3) is 0.556. The molecule has 5 nitrogen and oxygen atoms in total. The third-order valence-corrected chi connectivity index (χ3v) is 5.80. The largest absolute Gasteiger partial charge is 0.465 e. The van der Waals surface area contributed by atoms with Gasteiger partial charge in [0.1, 0.15) is 11.5 Å². The number of hydrogen-bond acceptors (Lipinski definition) is 5. The van der Waals surface area contributed by atoms with Crippen LogP contribution in [0.4, 0.5) is 0 Å². The first-order valence-corrected chi connectivity index (χ1v) is 9.23. The minimum atomic E-state index is -0.652. The number of esters is 1. The molecule has 2 saturated heterocycles. The molecule has 0 aromatic carbocycles. The van der Waals surface area contributed by atoms with Gasteiger partial charge in [0.2, 0.25) is 5.91 Å². The second kappa shape index (κ2) is 5.70. The summed E-state index contributed by atoms with van der Waals surface area (Å²) in [5.41, 5.74) is -0.652. The van der Waals surface area contributed by atoms with E-state index in [1.54, 1.807) is 11.3 Å². The molecule has 2 bridgehead atoms. The smallest absolute Gasteiger partial charge is 0.312 e. The highest BCUT2D eigenvalue weighted by molar-refractivity contribution is 7.09. The number of nitrogens with zero attached hydrogens (tertiary/aromatic N) is 1. The molecule has 1 aromatic rings. The maximum atomic E-state index is 13.0. The molecule has 4 atom stereocenters. The summed E-state index contributed by atoms with van der Waals surface area (Å²) < 4.78 is 11.5. The normalized spacial score (nSPS) is 33.5. The first-order chi connectivity index (χ1) is 11.5. The molecule has 3 aliphatic heterocycles. The Morgan fingerprint density at radius 1 is 1.54 bits per heavy atom. The second-order valence-electron chi connectivity index (χ2n) is 7.20. The van der Waals surface area contributed by atoms with Gasteiger partial charge in [-0.25, -0.2) is 0 Å². The van der Waals surface area contributed by atoms with Crippen molar-refractivity contribution in [1.29, 1.82) is 0 Å². The van der Waals surface area contributed by atoms with Gasteiger partial charge < -0.3 is 14.4 Å². The predicted molar refractivity (Wildman–Crippen MR) is 89.3 cm³/mol. The molecule has 2 unspecified atom stereocenters. The lowest BCUT2D eigenvalue weighted by Crippen LogP contribution is -2.40. The lowest BCUT2D eigenvalue weighted by atomic mass is 9.77. The van der Waals surface area contributed by atoms with Gasteiger partial charge in [0.05, 0.1) is 31.7 Å². The highest BCUT2D eigenvalue weighted by Crippen LogP contribution is 2.52. The summed E-state index contributed by atoms with van der Waals surface area (Å²) in [5, 5.41) is 2.00. The molecule has 0 aliphatic carbocycles. The number of hydrogen-bond donors (Lipinski definition) is 0. The lowest BCUT2D eigenvalue weighted by Gasteiger charge is -2.23. The summed E-state index contributed by atoms with van der Waals surface area (Å²) in [7, 11) is 0. The van der Waals surface area contributed by atoms with Crippen molar-refractivity contribution in [1.82, 2.24) is 4.90 Å². The molecule has 6 heteroatoms. The molecule has 3 aliphatic rings. The standard InChI is InChI=1S/C18H21NO4S/c1-11(2)9-22-17(21)14-13-5-6-18(23-13)10-19(16(20)15(14)18)8-12-4-3-7-24-12/h3-7,11,13-15H,8-10H2,1-2H3/t13-,14?,15-,18?/m1/s1. The van der Waals surface area contributed by atoms with Gasteiger partial charge in [-0.05, 0) is 17.4 Å². The molecule has 0 saturated carbocycles. The summed E-state index contributed by atoms with van der Waals surface area (Å²) in [6.45, 7) is 5.45.